The van der Waals surface area contributed by atoms with Crippen LogP contribution in [0.4, 0.5) is 0 Å². The van der Waals surface area contributed by atoms with Crippen LogP contribution in [0.1, 0.15) is 38.7 Å². The van der Waals surface area contributed by atoms with Gasteiger partial charge in [0.15, 0.2) is 11.5 Å². The first-order chi connectivity index (χ1) is 12.7. The van der Waals surface area contributed by atoms with Gasteiger partial charge in [-0.2, -0.15) is 0 Å². The third-order valence-corrected chi connectivity index (χ3v) is 4.63. The summed E-state index contributed by atoms with van der Waals surface area (Å²) in [6.45, 7) is 7.85. The first-order valence-electron chi connectivity index (χ1n) is 9.50. The number of ether oxygens (including phenoxy) is 3. The third kappa shape index (κ3) is 7.43. The molecule has 1 aliphatic heterocycles. The van der Waals surface area contributed by atoms with Crippen LogP contribution in [-0.4, -0.2) is 50.8 Å². The summed E-state index contributed by atoms with van der Waals surface area (Å²) in [6, 6.07) is 5.96. The molecule has 0 saturated carbocycles. The van der Waals surface area contributed by atoms with Gasteiger partial charge in [0.25, 0.3) is 0 Å². The molecule has 0 unspecified atom stereocenters. The van der Waals surface area contributed by atoms with Crippen LogP contribution in [0.25, 0.3) is 6.08 Å². The molecule has 1 aromatic rings. The van der Waals surface area contributed by atoms with Crippen molar-refractivity contribution in [2.45, 2.75) is 33.1 Å². The molecule has 2 rings (SSSR count). The van der Waals surface area contributed by atoms with Gasteiger partial charge in [-0.05, 0) is 63.9 Å². The lowest BCUT2D eigenvalue weighted by Gasteiger charge is -2.30. The fourth-order valence-electron chi connectivity index (χ4n) is 3.22. The standard InChI is InChI=1S/C21H31NO4.ClH/c1-4-7-17-8-9-19(20(16-17)24-3)26-15-6-12-22-13-10-18(11-14-22)21(23)25-5-2;/h4,7-9,16,18H,5-6,10-15H2,1-3H3;1H/b7-4+;. The minimum Gasteiger partial charge on any atom is -0.493 e. The SMILES string of the molecule is C/C=C/c1ccc(OCCCN2CCC(C(=O)OCC)CC2)c(OC)c1.Cl. The molecule has 0 bridgehead atoms. The van der Waals surface area contributed by atoms with Crippen LogP contribution in [0.2, 0.25) is 0 Å². The van der Waals surface area contributed by atoms with E-state index in [4.69, 9.17) is 14.2 Å². The molecule has 1 aliphatic rings. The molecule has 1 aromatic carbocycles. The summed E-state index contributed by atoms with van der Waals surface area (Å²) >= 11 is 0. The Bertz CT molecular complexity index is 598. The van der Waals surface area contributed by atoms with Gasteiger partial charge in [0.1, 0.15) is 0 Å². The molecule has 1 fully saturated rings. The molecule has 0 N–H and O–H groups in total. The zero-order chi connectivity index (χ0) is 18.8. The van der Waals surface area contributed by atoms with Gasteiger partial charge in [0.2, 0.25) is 0 Å². The van der Waals surface area contributed by atoms with Crippen LogP contribution >= 0.6 is 12.4 Å². The lowest BCUT2D eigenvalue weighted by atomic mass is 9.97. The lowest BCUT2D eigenvalue weighted by Crippen LogP contribution is -2.37. The number of hydrogen-bond acceptors (Lipinski definition) is 5. The Kier molecular flexibility index (Phi) is 10.9. The lowest BCUT2D eigenvalue weighted by molar-refractivity contribution is -0.149. The van der Waals surface area contributed by atoms with Gasteiger partial charge in [-0.25, -0.2) is 0 Å². The number of nitrogens with zero attached hydrogens (tertiary/aromatic N) is 1. The van der Waals surface area contributed by atoms with Crippen molar-refractivity contribution in [2.24, 2.45) is 5.92 Å². The Hall–Kier alpha value is -1.72. The molecule has 0 atom stereocenters. The Labute approximate surface area is 169 Å². The Balaban J connectivity index is 0.00000364. The molecule has 152 valence electrons. The molecular weight excluding hydrogens is 366 g/mol. The highest BCUT2D eigenvalue weighted by Gasteiger charge is 2.25. The summed E-state index contributed by atoms with van der Waals surface area (Å²) < 4.78 is 16.4. The highest BCUT2D eigenvalue weighted by Crippen LogP contribution is 2.28. The van der Waals surface area contributed by atoms with E-state index < -0.39 is 0 Å². The van der Waals surface area contributed by atoms with Gasteiger partial charge in [-0.15, -0.1) is 12.4 Å². The normalized spacial score (nSPS) is 15.4. The van der Waals surface area contributed by atoms with Crippen molar-refractivity contribution < 1.29 is 19.0 Å². The molecule has 0 radical (unpaired) electrons. The van der Waals surface area contributed by atoms with Crippen LogP contribution < -0.4 is 9.47 Å². The first-order valence-corrected chi connectivity index (χ1v) is 9.50. The Morgan fingerprint density at radius 1 is 1.26 bits per heavy atom. The summed E-state index contributed by atoms with van der Waals surface area (Å²) in [7, 11) is 1.66. The van der Waals surface area contributed by atoms with Crippen molar-refractivity contribution in [3.8, 4) is 11.5 Å². The molecule has 5 nitrogen and oxygen atoms in total. The molecular formula is C21H32ClNO4. The second-order valence-corrected chi connectivity index (χ2v) is 6.48. The van der Waals surface area contributed by atoms with Gasteiger partial charge in [0, 0.05) is 6.54 Å². The number of benzene rings is 1. The number of halogens is 1. The number of rotatable bonds is 9. The summed E-state index contributed by atoms with van der Waals surface area (Å²) in [6.07, 6.45) is 6.76. The maximum Gasteiger partial charge on any atom is 0.309 e. The maximum atomic E-state index is 11.8. The van der Waals surface area contributed by atoms with Crippen molar-refractivity contribution in [1.29, 1.82) is 0 Å². The van der Waals surface area contributed by atoms with E-state index in [9.17, 15) is 4.79 Å². The molecule has 6 heteroatoms. The van der Waals surface area contributed by atoms with Crippen molar-refractivity contribution in [3.63, 3.8) is 0 Å². The monoisotopic (exact) mass is 397 g/mol. The van der Waals surface area contributed by atoms with E-state index in [0.29, 0.717) is 13.2 Å². The molecule has 1 heterocycles. The van der Waals surface area contributed by atoms with Crippen molar-refractivity contribution in [3.05, 3.63) is 29.8 Å². The number of carbonyl (C=O) groups excluding carboxylic acids is 1. The molecule has 0 spiro atoms. The van der Waals surface area contributed by atoms with Crippen molar-refractivity contribution >= 4 is 24.5 Å². The molecule has 1 saturated heterocycles. The molecule has 27 heavy (non-hydrogen) atoms. The number of piperidine rings is 1. The highest BCUT2D eigenvalue weighted by atomic mass is 35.5. The van der Waals surface area contributed by atoms with Gasteiger partial charge in [-0.3, -0.25) is 4.79 Å². The predicted molar refractivity (Wildman–Crippen MR) is 111 cm³/mol. The van der Waals surface area contributed by atoms with Gasteiger partial charge in [-0.1, -0.05) is 18.2 Å². The Morgan fingerprint density at radius 2 is 2.00 bits per heavy atom. The van der Waals surface area contributed by atoms with E-state index in [-0.39, 0.29) is 24.3 Å². The van der Waals surface area contributed by atoms with Crippen molar-refractivity contribution in [1.82, 2.24) is 4.90 Å². The largest absolute Gasteiger partial charge is 0.493 e. The predicted octanol–water partition coefficient (Wildman–Crippen LogP) is 4.19. The summed E-state index contributed by atoms with van der Waals surface area (Å²) in [5, 5.41) is 0. The second kappa shape index (κ2) is 12.6. The number of methoxy groups -OCH3 is 1. The van der Waals surface area contributed by atoms with Crippen LogP contribution in [0.15, 0.2) is 24.3 Å². The summed E-state index contributed by atoms with van der Waals surface area (Å²) in [4.78, 5) is 14.2. The quantitative estimate of drug-likeness (QED) is 0.461. The number of allylic oxidation sites excluding steroid dienone is 1. The molecule has 0 aromatic heterocycles. The fourth-order valence-corrected chi connectivity index (χ4v) is 3.22. The van der Waals surface area contributed by atoms with E-state index in [2.05, 4.69) is 4.90 Å². The smallest absolute Gasteiger partial charge is 0.309 e. The van der Waals surface area contributed by atoms with Gasteiger partial charge >= 0.3 is 5.97 Å². The van der Waals surface area contributed by atoms with Crippen LogP contribution in [-0.2, 0) is 9.53 Å². The number of carbonyl (C=O) groups is 1. The van der Waals surface area contributed by atoms with Gasteiger partial charge in [0.05, 0.1) is 26.2 Å². The maximum absolute atomic E-state index is 11.8. The zero-order valence-corrected chi connectivity index (χ0v) is 17.4. The number of esters is 1. The molecule has 0 aliphatic carbocycles. The van der Waals surface area contributed by atoms with Crippen LogP contribution in [0.3, 0.4) is 0 Å². The summed E-state index contributed by atoms with van der Waals surface area (Å²) in [5.74, 6) is 1.57. The zero-order valence-electron chi connectivity index (χ0n) is 16.6. The minimum absolute atomic E-state index is 0. The average Bonchev–Trinajstić information content (AvgIpc) is 2.67. The Morgan fingerprint density at radius 3 is 2.63 bits per heavy atom. The minimum atomic E-state index is -0.0380. The topological polar surface area (TPSA) is 48.0 Å². The van der Waals surface area contributed by atoms with E-state index in [1.54, 1.807) is 7.11 Å². The highest BCUT2D eigenvalue weighted by molar-refractivity contribution is 5.85. The van der Waals surface area contributed by atoms with Crippen molar-refractivity contribution in [2.75, 3.05) is 40.0 Å². The summed E-state index contributed by atoms with van der Waals surface area (Å²) in [5.41, 5.74) is 1.10. The van der Waals surface area contributed by atoms with Crippen LogP contribution in [0.5, 0.6) is 11.5 Å². The van der Waals surface area contributed by atoms with E-state index in [1.165, 1.54) is 0 Å². The third-order valence-electron chi connectivity index (χ3n) is 4.63. The van der Waals surface area contributed by atoms with E-state index in [1.807, 2.05) is 44.2 Å². The van der Waals surface area contributed by atoms with Gasteiger partial charge < -0.3 is 19.1 Å². The second-order valence-electron chi connectivity index (χ2n) is 6.48. The fraction of sp³-hybridized carbons (Fsp3) is 0.571. The molecule has 0 amide bonds. The van der Waals surface area contributed by atoms with E-state index in [0.717, 1.165) is 56.0 Å². The number of hydrogen-bond donors (Lipinski definition) is 0. The van der Waals surface area contributed by atoms with E-state index >= 15 is 0 Å². The average molecular weight is 398 g/mol. The van der Waals surface area contributed by atoms with Crippen LogP contribution in [0, 0.1) is 5.92 Å². The number of likely N-dealkylation sites (tertiary alicyclic amines) is 1. The first kappa shape index (κ1) is 23.3.